The van der Waals surface area contributed by atoms with Crippen LogP contribution < -0.4 is 0 Å². The smallest absolute Gasteiger partial charge is 0.306 e. The molecular formula is C10H17NO3. The third-order valence-corrected chi connectivity index (χ3v) is 2.73. The van der Waals surface area contributed by atoms with Crippen molar-refractivity contribution in [3.8, 4) is 0 Å². The molecule has 0 bridgehead atoms. The summed E-state index contributed by atoms with van der Waals surface area (Å²) in [5.74, 6) is -0.156. The van der Waals surface area contributed by atoms with E-state index in [0.717, 1.165) is 25.7 Å². The highest BCUT2D eigenvalue weighted by atomic mass is 16.5. The fourth-order valence-electron chi connectivity index (χ4n) is 1.82. The van der Waals surface area contributed by atoms with E-state index in [0.29, 0.717) is 12.5 Å². The Hall–Kier alpha value is -1.06. The van der Waals surface area contributed by atoms with Gasteiger partial charge in [-0.25, -0.2) is 0 Å². The molecule has 14 heavy (non-hydrogen) atoms. The van der Waals surface area contributed by atoms with Crippen LogP contribution in [-0.4, -0.2) is 23.6 Å². The maximum Gasteiger partial charge on any atom is 0.306 e. The van der Waals surface area contributed by atoms with Crippen LogP contribution in [0.25, 0.3) is 0 Å². The molecule has 1 aliphatic rings. The average Bonchev–Trinajstić information content (AvgIpc) is 2.15. The van der Waals surface area contributed by atoms with E-state index in [-0.39, 0.29) is 11.8 Å². The predicted molar refractivity (Wildman–Crippen MR) is 52.4 cm³/mol. The van der Waals surface area contributed by atoms with Crippen molar-refractivity contribution in [3.05, 3.63) is 0 Å². The summed E-state index contributed by atoms with van der Waals surface area (Å²) in [7, 11) is 0. The van der Waals surface area contributed by atoms with Gasteiger partial charge in [-0.3, -0.25) is 10.2 Å². The molecule has 1 aliphatic carbocycles. The van der Waals surface area contributed by atoms with Crippen LogP contribution in [0.4, 0.5) is 0 Å². The molecule has 1 saturated carbocycles. The second-order valence-corrected chi connectivity index (χ2v) is 3.92. The van der Waals surface area contributed by atoms with Crippen molar-refractivity contribution in [1.29, 1.82) is 5.41 Å². The van der Waals surface area contributed by atoms with E-state index in [2.05, 4.69) is 0 Å². The van der Waals surface area contributed by atoms with Crippen molar-refractivity contribution >= 4 is 11.9 Å². The summed E-state index contributed by atoms with van der Waals surface area (Å²) in [5, 5.41) is 15.9. The maximum atomic E-state index is 10.7. The zero-order valence-corrected chi connectivity index (χ0v) is 8.45. The SMILES string of the molecule is CC(=N)OCC1CCC(C(=O)O)CC1. The number of ether oxygens (including phenoxy) is 1. The van der Waals surface area contributed by atoms with E-state index >= 15 is 0 Å². The average molecular weight is 199 g/mol. The van der Waals surface area contributed by atoms with Crippen LogP contribution in [0.15, 0.2) is 0 Å². The molecule has 0 aromatic heterocycles. The van der Waals surface area contributed by atoms with Gasteiger partial charge in [0.1, 0.15) is 0 Å². The highest BCUT2D eigenvalue weighted by Crippen LogP contribution is 2.28. The van der Waals surface area contributed by atoms with Gasteiger partial charge in [0.25, 0.3) is 0 Å². The molecule has 0 atom stereocenters. The van der Waals surface area contributed by atoms with Gasteiger partial charge in [-0.2, -0.15) is 0 Å². The largest absolute Gasteiger partial charge is 0.481 e. The standard InChI is InChI=1S/C10H17NO3/c1-7(11)14-6-8-2-4-9(5-3-8)10(12)13/h8-9,11H,2-6H2,1H3,(H,12,13). The summed E-state index contributed by atoms with van der Waals surface area (Å²) >= 11 is 0. The Balaban J connectivity index is 2.22. The van der Waals surface area contributed by atoms with Gasteiger partial charge in [-0.15, -0.1) is 0 Å². The minimum atomic E-state index is -0.674. The van der Waals surface area contributed by atoms with Gasteiger partial charge in [0.2, 0.25) is 0 Å². The van der Waals surface area contributed by atoms with Crippen LogP contribution in [0.2, 0.25) is 0 Å². The summed E-state index contributed by atoms with van der Waals surface area (Å²) in [6.45, 7) is 2.19. The van der Waals surface area contributed by atoms with E-state index < -0.39 is 5.97 Å². The minimum Gasteiger partial charge on any atom is -0.481 e. The van der Waals surface area contributed by atoms with Crippen molar-refractivity contribution in [3.63, 3.8) is 0 Å². The fourth-order valence-corrected chi connectivity index (χ4v) is 1.82. The highest BCUT2D eigenvalue weighted by molar-refractivity contribution is 5.70. The molecule has 1 rings (SSSR count). The number of hydrogen-bond donors (Lipinski definition) is 2. The minimum absolute atomic E-state index is 0.160. The molecule has 4 heteroatoms. The number of carboxylic acid groups (broad SMARTS) is 1. The maximum absolute atomic E-state index is 10.7. The van der Waals surface area contributed by atoms with Gasteiger partial charge in [0, 0.05) is 6.92 Å². The fraction of sp³-hybridized carbons (Fsp3) is 0.800. The molecule has 80 valence electrons. The van der Waals surface area contributed by atoms with Gasteiger partial charge in [-0.1, -0.05) is 0 Å². The first kappa shape index (κ1) is 11.0. The van der Waals surface area contributed by atoms with Crippen LogP contribution in [0.5, 0.6) is 0 Å². The van der Waals surface area contributed by atoms with Crippen LogP contribution in [0, 0.1) is 17.2 Å². The van der Waals surface area contributed by atoms with Crippen molar-refractivity contribution in [2.45, 2.75) is 32.6 Å². The van der Waals surface area contributed by atoms with Gasteiger partial charge < -0.3 is 9.84 Å². The third-order valence-electron chi connectivity index (χ3n) is 2.73. The molecule has 0 heterocycles. The lowest BCUT2D eigenvalue weighted by Crippen LogP contribution is -2.24. The lowest BCUT2D eigenvalue weighted by Gasteiger charge is -2.25. The van der Waals surface area contributed by atoms with Crippen molar-refractivity contribution in [2.24, 2.45) is 11.8 Å². The van der Waals surface area contributed by atoms with Crippen molar-refractivity contribution in [2.75, 3.05) is 6.61 Å². The first-order valence-corrected chi connectivity index (χ1v) is 5.00. The highest BCUT2D eigenvalue weighted by Gasteiger charge is 2.25. The second kappa shape index (κ2) is 4.98. The van der Waals surface area contributed by atoms with Gasteiger partial charge in [0.05, 0.1) is 12.5 Å². The molecule has 0 unspecified atom stereocenters. The van der Waals surface area contributed by atoms with Gasteiger partial charge >= 0.3 is 5.97 Å². The molecular weight excluding hydrogens is 182 g/mol. The summed E-state index contributed by atoms with van der Waals surface area (Å²) in [5.41, 5.74) is 0. The number of aliphatic carboxylic acids is 1. The van der Waals surface area contributed by atoms with E-state index in [1.165, 1.54) is 0 Å². The van der Waals surface area contributed by atoms with Crippen molar-refractivity contribution < 1.29 is 14.6 Å². The third kappa shape index (κ3) is 3.36. The van der Waals surface area contributed by atoms with E-state index in [4.69, 9.17) is 15.3 Å². The number of rotatable bonds is 3. The molecule has 0 aromatic carbocycles. The van der Waals surface area contributed by atoms with Crippen LogP contribution >= 0.6 is 0 Å². The predicted octanol–water partition coefficient (Wildman–Crippen LogP) is 1.89. The Morgan fingerprint density at radius 3 is 2.43 bits per heavy atom. The molecule has 0 radical (unpaired) electrons. The van der Waals surface area contributed by atoms with E-state index in [1.54, 1.807) is 6.92 Å². The summed E-state index contributed by atoms with van der Waals surface area (Å²) in [6, 6.07) is 0. The topological polar surface area (TPSA) is 70.4 Å². The molecule has 0 aromatic rings. The first-order valence-electron chi connectivity index (χ1n) is 5.00. The zero-order valence-electron chi connectivity index (χ0n) is 8.45. The van der Waals surface area contributed by atoms with Gasteiger partial charge in [-0.05, 0) is 31.6 Å². The second-order valence-electron chi connectivity index (χ2n) is 3.92. The molecule has 0 aliphatic heterocycles. The monoisotopic (exact) mass is 199 g/mol. The Labute approximate surface area is 83.8 Å². The molecule has 2 N–H and O–H groups in total. The molecule has 1 fully saturated rings. The molecule has 0 spiro atoms. The van der Waals surface area contributed by atoms with Crippen molar-refractivity contribution in [1.82, 2.24) is 0 Å². The normalized spacial score (nSPS) is 26.9. The zero-order chi connectivity index (χ0) is 10.6. The first-order chi connectivity index (χ1) is 6.59. The summed E-state index contributed by atoms with van der Waals surface area (Å²) in [6.07, 6.45) is 3.31. The Morgan fingerprint density at radius 2 is 2.00 bits per heavy atom. The molecule has 4 nitrogen and oxygen atoms in total. The number of carboxylic acids is 1. The van der Waals surface area contributed by atoms with E-state index in [9.17, 15) is 4.79 Å². The Morgan fingerprint density at radius 1 is 1.43 bits per heavy atom. The Bertz CT molecular complexity index is 219. The molecule has 0 amide bonds. The van der Waals surface area contributed by atoms with Crippen LogP contribution in [-0.2, 0) is 9.53 Å². The summed E-state index contributed by atoms with van der Waals surface area (Å²) < 4.78 is 5.11. The number of hydrogen-bond acceptors (Lipinski definition) is 3. The van der Waals surface area contributed by atoms with Crippen LogP contribution in [0.3, 0.4) is 0 Å². The van der Waals surface area contributed by atoms with E-state index in [1.807, 2.05) is 0 Å². The van der Waals surface area contributed by atoms with Gasteiger partial charge in [0.15, 0.2) is 5.90 Å². The quantitative estimate of drug-likeness (QED) is 0.538. The lowest BCUT2D eigenvalue weighted by molar-refractivity contribution is -0.143. The lowest BCUT2D eigenvalue weighted by atomic mass is 9.82. The number of carbonyl (C=O) groups is 1. The Kier molecular flexibility index (Phi) is 3.92. The molecule has 0 saturated heterocycles. The van der Waals surface area contributed by atoms with Crippen LogP contribution in [0.1, 0.15) is 32.6 Å². The summed E-state index contributed by atoms with van der Waals surface area (Å²) in [4.78, 5) is 10.7. The number of nitrogens with one attached hydrogen (secondary N) is 1.